The highest BCUT2D eigenvalue weighted by atomic mass is 32.2. The molecule has 2 aromatic rings. The van der Waals surface area contributed by atoms with Crippen LogP contribution in [0.25, 0.3) is 0 Å². The maximum atomic E-state index is 6.29. The second-order valence-electron chi connectivity index (χ2n) is 5.60. The van der Waals surface area contributed by atoms with Crippen molar-refractivity contribution >= 4 is 11.8 Å². The zero-order valence-corrected chi connectivity index (χ0v) is 13.8. The summed E-state index contributed by atoms with van der Waals surface area (Å²) < 4.78 is 0. The van der Waals surface area contributed by atoms with E-state index in [1.807, 2.05) is 11.8 Å². The van der Waals surface area contributed by atoms with Gasteiger partial charge in [0.15, 0.2) is 0 Å². The van der Waals surface area contributed by atoms with Gasteiger partial charge >= 0.3 is 0 Å². The Bertz CT molecular complexity index is 548. The van der Waals surface area contributed by atoms with Gasteiger partial charge in [0.2, 0.25) is 0 Å². The van der Waals surface area contributed by atoms with Crippen LogP contribution in [0.2, 0.25) is 0 Å². The Morgan fingerprint density at radius 3 is 2.48 bits per heavy atom. The van der Waals surface area contributed by atoms with Crippen LogP contribution in [0.1, 0.15) is 41.6 Å². The molecule has 0 saturated carbocycles. The molecule has 1 nitrogen and oxygen atoms in total. The number of hydrogen-bond acceptors (Lipinski definition) is 2. The molecule has 0 spiro atoms. The second kappa shape index (κ2) is 8.26. The molecule has 2 rings (SSSR count). The number of hydrogen-bond donors (Lipinski definition) is 1. The molecule has 1 atom stereocenters. The molecule has 0 bridgehead atoms. The summed E-state index contributed by atoms with van der Waals surface area (Å²) in [6.45, 7) is 4.35. The molecular formula is C19H25NS. The van der Waals surface area contributed by atoms with E-state index < -0.39 is 0 Å². The number of benzene rings is 2. The normalized spacial score (nSPS) is 12.3. The van der Waals surface area contributed by atoms with Crippen LogP contribution in [0, 0.1) is 6.92 Å². The van der Waals surface area contributed by atoms with Gasteiger partial charge in [0.1, 0.15) is 0 Å². The topological polar surface area (TPSA) is 26.0 Å². The summed E-state index contributed by atoms with van der Waals surface area (Å²) in [5.41, 5.74) is 11.6. The van der Waals surface area contributed by atoms with E-state index in [1.54, 1.807) is 0 Å². The first-order valence-corrected chi connectivity index (χ1v) is 8.82. The lowest BCUT2D eigenvalue weighted by atomic mass is 10.0. The van der Waals surface area contributed by atoms with E-state index in [9.17, 15) is 0 Å². The van der Waals surface area contributed by atoms with Crippen LogP contribution < -0.4 is 5.73 Å². The van der Waals surface area contributed by atoms with Crippen molar-refractivity contribution in [1.29, 1.82) is 0 Å². The van der Waals surface area contributed by atoms with Crippen molar-refractivity contribution in [3.05, 3.63) is 70.8 Å². The van der Waals surface area contributed by atoms with Crippen molar-refractivity contribution in [3.63, 3.8) is 0 Å². The fourth-order valence-electron chi connectivity index (χ4n) is 2.42. The molecule has 0 aliphatic heterocycles. The highest BCUT2D eigenvalue weighted by Crippen LogP contribution is 2.20. The van der Waals surface area contributed by atoms with Crippen molar-refractivity contribution in [2.24, 2.45) is 5.73 Å². The van der Waals surface area contributed by atoms with E-state index in [2.05, 4.69) is 62.4 Å². The molecule has 21 heavy (non-hydrogen) atoms. The molecule has 0 fully saturated rings. The average molecular weight is 299 g/mol. The highest BCUT2D eigenvalue weighted by Gasteiger charge is 2.06. The molecule has 2 aromatic carbocycles. The van der Waals surface area contributed by atoms with Gasteiger partial charge in [-0.3, -0.25) is 0 Å². The molecule has 0 radical (unpaired) electrons. The van der Waals surface area contributed by atoms with Crippen molar-refractivity contribution < 1.29 is 0 Å². The van der Waals surface area contributed by atoms with Crippen LogP contribution in [0.5, 0.6) is 0 Å². The fourth-order valence-corrected chi connectivity index (χ4v) is 3.40. The number of aryl methyl sites for hydroxylation is 2. The lowest BCUT2D eigenvalue weighted by Crippen LogP contribution is -2.13. The minimum absolute atomic E-state index is 0.121. The first-order chi connectivity index (χ1) is 10.2. The monoisotopic (exact) mass is 299 g/mol. The van der Waals surface area contributed by atoms with Gasteiger partial charge in [0, 0.05) is 17.5 Å². The van der Waals surface area contributed by atoms with Gasteiger partial charge in [0.05, 0.1) is 0 Å². The van der Waals surface area contributed by atoms with Gasteiger partial charge in [-0.25, -0.2) is 0 Å². The summed E-state index contributed by atoms with van der Waals surface area (Å²) in [6, 6.07) is 17.6. The minimum Gasteiger partial charge on any atom is -0.323 e. The van der Waals surface area contributed by atoms with Gasteiger partial charge in [-0.05, 0) is 30.0 Å². The smallest absolute Gasteiger partial charge is 0.0386 e. The quantitative estimate of drug-likeness (QED) is 0.788. The van der Waals surface area contributed by atoms with Crippen LogP contribution in [0.3, 0.4) is 0 Å². The van der Waals surface area contributed by atoms with Gasteiger partial charge in [0.25, 0.3) is 0 Å². The van der Waals surface area contributed by atoms with E-state index in [0.29, 0.717) is 0 Å². The third-order valence-corrected chi connectivity index (χ3v) is 4.73. The SMILES string of the molecule is CCCc1ccc(C(N)CSCc2cccc(C)c2)cc1. The largest absolute Gasteiger partial charge is 0.323 e. The zero-order valence-electron chi connectivity index (χ0n) is 13.0. The Kier molecular flexibility index (Phi) is 6.34. The van der Waals surface area contributed by atoms with Crippen molar-refractivity contribution in [3.8, 4) is 0 Å². The van der Waals surface area contributed by atoms with Gasteiger partial charge in [-0.1, -0.05) is 67.4 Å². The first-order valence-electron chi connectivity index (χ1n) is 7.66. The van der Waals surface area contributed by atoms with Crippen LogP contribution in [-0.2, 0) is 12.2 Å². The summed E-state index contributed by atoms with van der Waals surface area (Å²) >= 11 is 1.91. The Hall–Kier alpha value is -1.25. The predicted octanol–water partition coefficient (Wildman–Crippen LogP) is 4.88. The molecular weight excluding hydrogens is 274 g/mol. The van der Waals surface area contributed by atoms with E-state index in [1.165, 1.54) is 28.7 Å². The molecule has 0 aromatic heterocycles. The van der Waals surface area contributed by atoms with Crippen LogP contribution in [-0.4, -0.2) is 5.75 Å². The molecule has 0 heterocycles. The fraction of sp³-hybridized carbons (Fsp3) is 0.368. The Morgan fingerprint density at radius 1 is 1.05 bits per heavy atom. The molecule has 2 heteroatoms. The molecule has 1 unspecified atom stereocenters. The summed E-state index contributed by atoms with van der Waals surface area (Å²) in [7, 11) is 0. The van der Waals surface area contributed by atoms with Gasteiger partial charge in [-0.15, -0.1) is 0 Å². The van der Waals surface area contributed by atoms with Crippen LogP contribution >= 0.6 is 11.8 Å². The van der Waals surface area contributed by atoms with Gasteiger partial charge in [-0.2, -0.15) is 11.8 Å². The maximum Gasteiger partial charge on any atom is 0.0386 e. The Balaban J connectivity index is 1.82. The van der Waals surface area contributed by atoms with Crippen molar-refractivity contribution in [2.75, 3.05) is 5.75 Å². The standard InChI is InChI=1S/C19H25NS/c1-3-5-16-8-10-18(11-9-16)19(20)14-21-13-17-7-4-6-15(2)12-17/h4,6-12,19H,3,5,13-14,20H2,1-2H3. The van der Waals surface area contributed by atoms with E-state index >= 15 is 0 Å². The Labute approximate surface area is 133 Å². The number of nitrogens with two attached hydrogens (primary N) is 1. The minimum atomic E-state index is 0.121. The number of rotatable bonds is 7. The second-order valence-corrected chi connectivity index (χ2v) is 6.63. The van der Waals surface area contributed by atoms with Crippen LogP contribution in [0.4, 0.5) is 0 Å². The number of thioether (sulfide) groups is 1. The van der Waals surface area contributed by atoms with E-state index in [-0.39, 0.29) is 6.04 Å². The third kappa shape index (κ3) is 5.22. The van der Waals surface area contributed by atoms with E-state index in [4.69, 9.17) is 5.73 Å². The molecule has 2 N–H and O–H groups in total. The van der Waals surface area contributed by atoms with Crippen molar-refractivity contribution in [2.45, 2.75) is 38.5 Å². The lowest BCUT2D eigenvalue weighted by molar-refractivity contribution is 0.828. The first kappa shape index (κ1) is 16.1. The van der Waals surface area contributed by atoms with E-state index in [0.717, 1.165) is 17.9 Å². The highest BCUT2D eigenvalue weighted by molar-refractivity contribution is 7.98. The molecule has 112 valence electrons. The Morgan fingerprint density at radius 2 is 1.81 bits per heavy atom. The summed E-state index contributed by atoms with van der Waals surface area (Å²) in [5, 5.41) is 0. The summed E-state index contributed by atoms with van der Waals surface area (Å²) in [6.07, 6.45) is 2.34. The van der Waals surface area contributed by atoms with Crippen LogP contribution in [0.15, 0.2) is 48.5 Å². The molecule has 0 aliphatic rings. The molecule has 0 amide bonds. The molecule has 0 saturated heterocycles. The van der Waals surface area contributed by atoms with Gasteiger partial charge < -0.3 is 5.73 Å². The van der Waals surface area contributed by atoms with Crippen molar-refractivity contribution in [1.82, 2.24) is 0 Å². The summed E-state index contributed by atoms with van der Waals surface area (Å²) in [5.74, 6) is 1.99. The maximum absolute atomic E-state index is 6.29. The summed E-state index contributed by atoms with van der Waals surface area (Å²) in [4.78, 5) is 0. The average Bonchev–Trinajstić information content (AvgIpc) is 2.48. The third-order valence-electron chi connectivity index (χ3n) is 3.60. The lowest BCUT2D eigenvalue weighted by Gasteiger charge is -2.12. The molecule has 0 aliphatic carbocycles. The predicted molar refractivity (Wildman–Crippen MR) is 94.7 cm³/mol. The zero-order chi connectivity index (χ0) is 15.1.